The van der Waals surface area contributed by atoms with Crippen molar-refractivity contribution in [2.24, 2.45) is 5.92 Å². The Morgan fingerprint density at radius 2 is 2.06 bits per heavy atom. The molecule has 2 fully saturated rings. The van der Waals surface area contributed by atoms with Crippen LogP contribution in [0.25, 0.3) is 10.9 Å². The normalized spacial score (nSPS) is 21.7. The van der Waals surface area contributed by atoms with E-state index in [1.165, 1.54) is 11.6 Å². The molecule has 10 heteroatoms. The monoisotopic (exact) mass is 482 g/mol. The molecule has 0 radical (unpaired) electrons. The van der Waals surface area contributed by atoms with Crippen molar-refractivity contribution in [3.63, 3.8) is 0 Å². The molecule has 3 atom stereocenters. The maximum absolute atomic E-state index is 13.3. The van der Waals surface area contributed by atoms with Crippen LogP contribution in [-0.2, 0) is 16.1 Å². The minimum atomic E-state index is -0.548. The van der Waals surface area contributed by atoms with E-state index in [4.69, 9.17) is 0 Å². The quantitative estimate of drug-likeness (QED) is 0.441. The molecule has 0 unspecified atom stereocenters. The summed E-state index contributed by atoms with van der Waals surface area (Å²) in [7, 11) is 0. The zero-order valence-electron chi connectivity index (χ0n) is 16.7. The van der Waals surface area contributed by atoms with E-state index in [-0.39, 0.29) is 35.9 Å². The highest BCUT2D eigenvalue weighted by Crippen LogP contribution is 2.48. The third-order valence-electron chi connectivity index (χ3n) is 5.83. The van der Waals surface area contributed by atoms with Gasteiger partial charge in [0.25, 0.3) is 0 Å². The molecule has 0 bridgehead atoms. The molecule has 1 aliphatic heterocycles. The number of nitrogens with one attached hydrogen (secondary N) is 1. The van der Waals surface area contributed by atoms with Crippen molar-refractivity contribution in [2.75, 3.05) is 5.32 Å². The number of aromatic nitrogens is 4. The highest BCUT2D eigenvalue weighted by molar-refractivity contribution is 9.10. The van der Waals surface area contributed by atoms with Gasteiger partial charge in [0.1, 0.15) is 28.7 Å². The molecule has 31 heavy (non-hydrogen) atoms. The van der Waals surface area contributed by atoms with Crippen LogP contribution in [0.1, 0.15) is 30.3 Å². The second kappa shape index (κ2) is 7.52. The minimum absolute atomic E-state index is 0.0457. The number of amides is 2. The number of Topliss-reactive ketones (excluding diaryl/α,β-unsaturated/α-hetero) is 1. The van der Waals surface area contributed by atoms with E-state index >= 15 is 0 Å². The van der Waals surface area contributed by atoms with E-state index in [2.05, 4.69) is 36.3 Å². The maximum atomic E-state index is 13.3. The van der Waals surface area contributed by atoms with Gasteiger partial charge in [0.2, 0.25) is 11.8 Å². The highest BCUT2D eigenvalue weighted by atomic mass is 79.9. The number of pyridine rings is 2. The summed E-state index contributed by atoms with van der Waals surface area (Å²) in [5.74, 6) is 0.158. The lowest BCUT2D eigenvalue weighted by atomic mass is 10.1. The van der Waals surface area contributed by atoms with Crippen LogP contribution in [0.2, 0.25) is 0 Å². The Morgan fingerprint density at radius 3 is 2.84 bits per heavy atom. The number of ketones is 1. The molecule has 3 aromatic heterocycles. The van der Waals surface area contributed by atoms with Gasteiger partial charge >= 0.3 is 0 Å². The number of likely N-dealkylation sites (tertiary alicyclic amines) is 1. The average Bonchev–Trinajstić information content (AvgIpc) is 3.24. The lowest BCUT2D eigenvalue weighted by Crippen LogP contribution is -2.46. The topological polar surface area (TPSA) is 110 Å². The molecule has 0 aromatic carbocycles. The molecule has 5 rings (SSSR count). The first-order valence-corrected chi connectivity index (χ1v) is 10.8. The number of nitrogens with zero attached hydrogens (tertiary/aromatic N) is 5. The molecule has 1 saturated carbocycles. The Labute approximate surface area is 186 Å². The van der Waals surface area contributed by atoms with Crippen molar-refractivity contribution in [1.29, 1.82) is 0 Å². The van der Waals surface area contributed by atoms with Crippen molar-refractivity contribution < 1.29 is 14.4 Å². The molecule has 0 spiro atoms. The third kappa shape index (κ3) is 3.60. The van der Waals surface area contributed by atoms with Crippen molar-refractivity contribution >= 4 is 50.2 Å². The van der Waals surface area contributed by atoms with E-state index in [0.717, 1.165) is 6.42 Å². The molecular weight excluding hydrogens is 464 g/mol. The van der Waals surface area contributed by atoms with E-state index in [1.807, 2.05) is 0 Å². The first kappa shape index (κ1) is 19.8. The zero-order valence-corrected chi connectivity index (χ0v) is 18.2. The molecule has 1 saturated heterocycles. The van der Waals surface area contributed by atoms with Gasteiger partial charge in [-0.15, -0.1) is 0 Å². The van der Waals surface area contributed by atoms with Gasteiger partial charge < -0.3 is 10.2 Å². The SMILES string of the molecule is CC(=O)c1nn(CC(=O)N2[C@@H]3C[C@@H]3C[C@H]2C(=O)Nc2cccc(Br)n2)c2ccncc12. The van der Waals surface area contributed by atoms with Crippen LogP contribution in [0.3, 0.4) is 0 Å². The summed E-state index contributed by atoms with van der Waals surface area (Å²) in [6.07, 6.45) is 4.73. The Bertz CT molecular complexity index is 1220. The molecule has 1 N–H and O–H groups in total. The van der Waals surface area contributed by atoms with Crippen molar-refractivity contribution in [3.05, 3.63) is 47.0 Å². The van der Waals surface area contributed by atoms with Gasteiger partial charge in [0.05, 0.1) is 5.52 Å². The van der Waals surface area contributed by atoms with Crippen LogP contribution in [-0.4, -0.2) is 54.3 Å². The van der Waals surface area contributed by atoms with Gasteiger partial charge in [-0.1, -0.05) is 6.07 Å². The Kier molecular flexibility index (Phi) is 4.81. The van der Waals surface area contributed by atoms with E-state index in [1.54, 1.807) is 41.6 Å². The Hall–Kier alpha value is -3.14. The first-order valence-electron chi connectivity index (χ1n) is 9.98. The molecule has 2 amide bonds. The van der Waals surface area contributed by atoms with Gasteiger partial charge in [0.15, 0.2) is 5.78 Å². The number of piperidine rings is 1. The summed E-state index contributed by atoms with van der Waals surface area (Å²) in [5.41, 5.74) is 0.955. The number of carbonyl (C=O) groups excluding carboxylic acids is 3. The number of halogens is 1. The molecule has 9 nitrogen and oxygen atoms in total. The van der Waals surface area contributed by atoms with Gasteiger partial charge in [-0.25, -0.2) is 4.98 Å². The second-order valence-corrected chi connectivity index (χ2v) is 8.72. The number of hydrogen-bond donors (Lipinski definition) is 1. The van der Waals surface area contributed by atoms with Crippen LogP contribution in [0.15, 0.2) is 41.3 Å². The van der Waals surface area contributed by atoms with Crippen LogP contribution in [0.5, 0.6) is 0 Å². The lowest BCUT2D eigenvalue weighted by molar-refractivity contribution is -0.138. The number of hydrogen-bond acceptors (Lipinski definition) is 6. The number of carbonyl (C=O) groups is 3. The second-order valence-electron chi connectivity index (χ2n) is 7.91. The van der Waals surface area contributed by atoms with Crippen LogP contribution in [0, 0.1) is 5.92 Å². The molecule has 3 aromatic rings. The summed E-state index contributed by atoms with van der Waals surface area (Å²) < 4.78 is 2.14. The van der Waals surface area contributed by atoms with Crippen LogP contribution < -0.4 is 5.32 Å². The fourth-order valence-corrected chi connectivity index (χ4v) is 4.69. The average molecular weight is 483 g/mol. The standard InChI is InChI=1S/C21H19BrN6O3/c1-11(29)20-13-9-23-6-5-14(13)27(26-20)10-19(30)28-15-7-12(15)8-16(28)21(31)25-18-4-2-3-17(22)24-18/h2-6,9,12,15-16H,7-8,10H2,1H3,(H,24,25,31)/t12-,15-,16+/m1/s1. The number of anilines is 1. The third-order valence-corrected chi connectivity index (χ3v) is 6.27. The molecule has 4 heterocycles. The van der Waals surface area contributed by atoms with Crippen molar-refractivity contribution in [2.45, 2.75) is 38.4 Å². The number of rotatable bonds is 5. The Balaban J connectivity index is 1.38. The van der Waals surface area contributed by atoms with Crippen LogP contribution >= 0.6 is 15.9 Å². The fourth-order valence-electron chi connectivity index (χ4n) is 4.35. The number of fused-ring (bicyclic) bond motifs is 2. The smallest absolute Gasteiger partial charge is 0.248 e. The predicted octanol–water partition coefficient (Wildman–Crippen LogP) is 2.42. The summed E-state index contributed by atoms with van der Waals surface area (Å²) in [6, 6.07) is 6.52. The fraction of sp³-hybridized carbons (Fsp3) is 0.333. The van der Waals surface area contributed by atoms with Crippen molar-refractivity contribution in [3.8, 4) is 0 Å². The predicted molar refractivity (Wildman–Crippen MR) is 115 cm³/mol. The summed E-state index contributed by atoms with van der Waals surface area (Å²) >= 11 is 3.29. The molecule has 158 valence electrons. The summed E-state index contributed by atoms with van der Waals surface area (Å²) in [4.78, 5) is 48.1. The van der Waals surface area contributed by atoms with E-state index < -0.39 is 6.04 Å². The summed E-state index contributed by atoms with van der Waals surface area (Å²) in [5, 5.41) is 7.78. The molecule has 1 aliphatic carbocycles. The molecular formula is C21H19BrN6O3. The highest BCUT2D eigenvalue weighted by Gasteiger charge is 2.56. The van der Waals surface area contributed by atoms with E-state index in [9.17, 15) is 14.4 Å². The van der Waals surface area contributed by atoms with Gasteiger partial charge in [-0.05, 0) is 52.9 Å². The van der Waals surface area contributed by atoms with Crippen LogP contribution in [0.4, 0.5) is 5.82 Å². The summed E-state index contributed by atoms with van der Waals surface area (Å²) in [6.45, 7) is 1.39. The maximum Gasteiger partial charge on any atom is 0.248 e. The van der Waals surface area contributed by atoms with Gasteiger partial charge in [0, 0.05) is 30.7 Å². The first-order chi connectivity index (χ1) is 14.9. The minimum Gasteiger partial charge on any atom is -0.326 e. The van der Waals surface area contributed by atoms with Gasteiger partial charge in [-0.3, -0.25) is 24.0 Å². The zero-order chi connectivity index (χ0) is 21.7. The Morgan fingerprint density at radius 1 is 1.23 bits per heavy atom. The van der Waals surface area contributed by atoms with Crippen molar-refractivity contribution in [1.82, 2.24) is 24.6 Å². The lowest BCUT2D eigenvalue weighted by Gasteiger charge is -2.26. The molecule has 2 aliphatic rings. The van der Waals surface area contributed by atoms with Gasteiger partial charge in [-0.2, -0.15) is 5.10 Å². The largest absolute Gasteiger partial charge is 0.326 e. The van der Waals surface area contributed by atoms with E-state index in [0.29, 0.717) is 33.7 Å².